The van der Waals surface area contributed by atoms with Gasteiger partial charge in [0, 0.05) is 36.5 Å². The fourth-order valence-electron chi connectivity index (χ4n) is 4.84. The van der Waals surface area contributed by atoms with Crippen molar-refractivity contribution < 1.29 is 36.6 Å². The maximum Gasteiger partial charge on any atom is 0.408 e. The van der Waals surface area contributed by atoms with Crippen LogP contribution in [-0.2, 0) is 24.8 Å². The van der Waals surface area contributed by atoms with Crippen LogP contribution in [0.1, 0.15) is 15.9 Å². The lowest BCUT2D eigenvalue weighted by Gasteiger charge is -2.18. The Morgan fingerprint density at radius 3 is 2.44 bits per heavy atom. The number of fused-ring (bicyclic) bond motifs is 2. The second-order valence-electron chi connectivity index (χ2n) is 9.64. The maximum absolute atomic E-state index is 15.3. The molecule has 5 aromatic rings. The van der Waals surface area contributed by atoms with E-state index in [2.05, 4.69) is 5.10 Å². The van der Waals surface area contributed by atoms with E-state index in [1.807, 2.05) is 5.32 Å². The molecular weight excluding hydrogens is 581 g/mol. The highest BCUT2D eigenvalue weighted by Crippen LogP contribution is 2.28. The van der Waals surface area contributed by atoms with E-state index >= 15 is 4.39 Å². The Bertz CT molecular complexity index is 2050. The lowest BCUT2D eigenvalue weighted by Crippen LogP contribution is -2.43. The van der Waals surface area contributed by atoms with E-state index in [0.29, 0.717) is 22.4 Å². The van der Waals surface area contributed by atoms with Crippen LogP contribution in [-0.4, -0.2) is 48.1 Å². The lowest BCUT2D eigenvalue weighted by atomic mass is 9.97. The minimum Gasteiger partial charge on any atom is -0.480 e. The molecule has 0 aliphatic rings. The second kappa shape index (κ2) is 10.8. The number of hydrogen-bond acceptors (Lipinski definition) is 5. The predicted molar refractivity (Wildman–Crippen MR) is 143 cm³/mol. The lowest BCUT2D eigenvalue weighted by molar-refractivity contribution is -0.142. The molecule has 0 fully saturated rings. The number of amides is 1. The van der Waals surface area contributed by atoms with Crippen LogP contribution in [0.5, 0.6) is 0 Å². The molecule has 5 rings (SSSR count). The number of halogens is 5. The average molecular weight is 601 g/mol. The van der Waals surface area contributed by atoms with Gasteiger partial charge in [-0.15, -0.1) is 0 Å². The minimum absolute atomic E-state index is 0.217. The van der Waals surface area contributed by atoms with Crippen molar-refractivity contribution in [3.05, 3.63) is 105 Å². The van der Waals surface area contributed by atoms with E-state index in [-0.39, 0.29) is 15.8 Å². The molecule has 2 aromatic heterocycles. The van der Waals surface area contributed by atoms with Crippen molar-refractivity contribution in [2.24, 2.45) is 7.05 Å². The van der Waals surface area contributed by atoms with Crippen molar-refractivity contribution in [3.8, 4) is 5.69 Å². The molecule has 15 heteroatoms. The number of carboxylic acids is 1. The second-order valence-corrected chi connectivity index (χ2v) is 9.64. The zero-order chi connectivity index (χ0) is 31.2. The number of carbonyl (C=O) groups excluding carboxylic acids is 1. The van der Waals surface area contributed by atoms with Crippen molar-refractivity contribution in [3.63, 3.8) is 0 Å². The number of carbonyl (C=O) groups is 2. The van der Waals surface area contributed by atoms with E-state index in [1.54, 1.807) is 18.2 Å². The summed E-state index contributed by atoms with van der Waals surface area (Å²) in [6.45, 7) is -1.71. The third kappa shape index (κ3) is 5.48. The summed E-state index contributed by atoms with van der Waals surface area (Å²) in [5, 5.41) is 15.8. The van der Waals surface area contributed by atoms with Crippen molar-refractivity contribution in [2.45, 2.75) is 25.2 Å². The number of nitrogens with one attached hydrogen (secondary N) is 1. The summed E-state index contributed by atoms with van der Waals surface area (Å²) in [5.41, 5.74) is -2.73. The molecule has 222 valence electrons. The molecule has 0 saturated carbocycles. The van der Waals surface area contributed by atoms with Crippen LogP contribution in [0.15, 0.2) is 70.5 Å². The summed E-state index contributed by atoms with van der Waals surface area (Å²) in [6, 6.07) is 9.42. The molecule has 0 spiro atoms. The molecule has 0 saturated heterocycles. The highest BCUT2D eigenvalue weighted by Gasteiger charge is 2.32. The van der Waals surface area contributed by atoms with E-state index < -0.39 is 71.0 Å². The molecule has 43 heavy (non-hydrogen) atoms. The quantitative estimate of drug-likeness (QED) is 0.276. The summed E-state index contributed by atoms with van der Waals surface area (Å²) in [4.78, 5) is 50.4. The SMILES string of the molecule is Cn1ccc(=O)n(-c2cccc3c(C[C@H](NC(=O)c4c(F)cc5cnn(CC(F)(F)F)c5c4F)C(=O)O)cccc23)c1=O. The molecule has 2 N–H and O–H groups in total. The maximum atomic E-state index is 15.3. The largest absolute Gasteiger partial charge is 0.480 e. The van der Waals surface area contributed by atoms with Crippen LogP contribution in [0.25, 0.3) is 27.4 Å². The predicted octanol–water partition coefficient (Wildman–Crippen LogP) is 3.31. The highest BCUT2D eigenvalue weighted by atomic mass is 19.4. The van der Waals surface area contributed by atoms with Gasteiger partial charge in [0.15, 0.2) is 5.82 Å². The van der Waals surface area contributed by atoms with Gasteiger partial charge in [-0.05, 0) is 23.1 Å². The normalized spacial score (nSPS) is 12.5. The topological polar surface area (TPSA) is 128 Å². The Balaban J connectivity index is 1.52. The van der Waals surface area contributed by atoms with Crippen molar-refractivity contribution in [2.75, 3.05) is 0 Å². The smallest absolute Gasteiger partial charge is 0.408 e. The number of hydrogen-bond donors (Lipinski definition) is 2. The Labute approximate surface area is 237 Å². The molecule has 0 aliphatic carbocycles. The van der Waals surface area contributed by atoms with Gasteiger partial charge in [-0.2, -0.15) is 18.3 Å². The number of aliphatic carboxylic acids is 1. The highest BCUT2D eigenvalue weighted by molar-refractivity contribution is 6.00. The van der Waals surface area contributed by atoms with E-state index in [0.717, 1.165) is 10.8 Å². The van der Waals surface area contributed by atoms with Crippen LogP contribution in [0.4, 0.5) is 22.0 Å². The van der Waals surface area contributed by atoms with E-state index in [4.69, 9.17) is 0 Å². The summed E-state index contributed by atoms with van der Waals surface area (Å²) in [7, 11) is 1.46. The van der Waals surface area contributed by atoms with Gasteiger partial charge >= 0.3 is 17.8 Å². The molecule has 3 aromatic carbocycles. The molecular formula is C28H20F5N5O5. The van der Waals surface area contributed by atoms with Crippen LogP contribution in [0.2, 0.25) is 0 Å². The van der Waals surface area contributed by atoms with Gasteiger partial charge in [0.05, 0.1) is 11.9 Å². The van der Waals surface area contributed by atoms with E-state index in [9.17, 15) is 41.8 Å². The van der Waals surface area contributed by atoms with Crippen LogP contribution in [0, 0.1) is 11.6 Å². The third-order valence-electron chi connectivity index (χ3n) is 6.78. The Kier molecular flexibility index (Phi) is 7.33. The van der Waals surface area contributed by atoms with Crippen LogP contribution < -0.4 is 16.6 Å². The van der Waals surface area contributed by atoms with Crippen LogP contribution >= 0.6 is 0 Å². The number of benzene rings is 3. The molecule has 1 atom stereocenters. The van der Waals surface area contributed by atoms with Crippen molar-refractivity contribution >= 4 is 33.6 Å². The fraction of sp³-hybridized carbons (Fsp3) is 0.179. The number of aryl methyl sites for hydroxylation is 1. The Morgan fingerprint density at radius 1 is 1.05 bits per heavy atom. The molecule has 0 aliphatic heterocycles. The summed E-state index contributed by atoms with van der Waals surface area (Å²) in [5.74, 6) is -6.14. The van der Waals surface area contributed by atoms with Gasteiger partial charge in [0.2, 0.25) is 0 Å². The number of rotatable bonds is 7. The first kappa shape index (κ1) is 29.2. The number of nitrogens with zero attached hydrogens (tertiary/aromatic N) is 4. The van der Waals surface area contributed by atoms with Crippen molar-refractivity contribution in [1.82, 2.24) is 24.2 Å². The summed E-state index contributed by atoms with van der Waals surface area (Å²) < 4.78 is 71.3. The monoisotopic (exact) mass is 601 g/mol. The number of alkyl halides is 3. The Hall–Kier alpha value is -5.34. The number of carboxylic acid groups (broad SMARTS) is 1. The van der Waals surface area contributed by atoms with Crippen molar-refractivity contribution in [1.29, 1.82) is 0 Å². The minimum atomic E-state index is -4.80. The molecule has 0 radical (unpaired) electrons. The molecule has 10 nitrogen and oxygen atoms in total. The fourth-order valence-corrected chi connectivity index (χ4v) is 4.84. The zero-order valence-corrected chi connectivity index (χ0v) is 22.0. The van der Waals surface area contributed by atoms with Crippen LogP contribution in [0.3, 0.4) is 0 Å². The standard InChI is InChI=1S/C28H20F5N5O5/c1-36-9-8-21(39)38(27(36)43)20-7-3-5-16-14(4-2-6-17(16)20)11-19(26(41)42)35-25(40)22-18(29)10-15-12-34-37(13-28(31,32)33)24(15)23(22)30/h2-10,12,19H,11,13H2,1H3,(H,35,40)(H,41,42)/t19-/m0/s1. The van der Waals surface area contributed by atoms with Gasteiger partial charge in [0.1, 0.15) is 29.5 Å². The average Bonchev–Trinajstić information content (AvgIpc) is 3.31. The van der Waals surface area contributed by atoms with Gasteiger partial charge in [-0.1, -0.05) is 30.3 Å². The first-order chi connectivity index (χ1) is 20.3. The first-order valence-electron chi connectivity index (χ1n) is 12.5. The Morgan fingerprint density at radius 2 is 1.74 bits per heavy atom. The molecule has 1 amide bonds. The van der Waals surface area contributed by atoms with Gasteiger partial charge in [0.25, 0.3) is 11.5 Å². The van der Waals surface area contributed by atoms with Gasteiger partial charge in [-0.25, -0.2) is 22.9 Å². The first-order valence-corrected chi connectivity index (χ1v) is 12.5. The molecule has 0 bridgehead atoms. The van der Waals surface area contributed by atoms with E-state index in [1.165, 1.54) is 42.1 Å². The summed E-state index contributed by atoms with van der Waals surface area (Å²) >= 11 is 0. The third-order valence-corrected chi connectivity index (χ3v) is 6.78. The number of aromatic nitrogens is 4. The molecule has 0 unspecified atom stereocenters. The summed E-state index contributed by atoms with van der Waals surface area (Å²) in [6.07, 6.45) is -3.08. The molecule has 2 heterocycles. The van der Waals surface area contributed by atoms with Gasteiger partial charge in [-0.3, -0.25) is 14.3 Å². The van der Waals surface area contributed by atoms with Gasteiger partial charge < -0.3 is 15.0 Å². The zero-order valence-electron chi connectivity index (χ0n) is 22.0.